The molecule has 0 saturated carbocycles. The first-order valence-electron chi connectivity index (χ1n) is 1.02. The van der Waals surface area contributed by atoms with Gasteiger partial charge in [-0.05, 0) is 0 Å². The molecule has 0 heterocycles. The first kappa shape index (κ1) is 63.2. The molecule has 0 rings (SSSR count). The maximum Gasteiger partial charge on any atom is 0 e. The van der Waals surface area contributed by atoms with Gasteiger partial charge in [-0.2, -0.15) is 0 Å². The van der Waals surface area contributed by atoms with E-state index in [-0.39, 0.29) is 80.2 Å². The van der Waals surface area contributed by atoms with Crippen molar-refractivity contribution in [3.63, 3.8) is 0 Å². The Kier molecular flexibility index (Phi) is 5180. The smallest absolute Gasteiger partial charge is 0 e. The van der Waals surface area contributed by atoms with Crippen LogP contribution in [0.15, 0.2) is 0 Å². The van der Waals surface area contributed by atoms with E-state index in [9.17, 15) is 0 Å². The summed E-state index contributed by atoms with van der Waals surface area (Å²) in [5.74, 6) is 0. The van der Waals surface area contributed by atoms with Crippen LogP contribution in [0.5, 0.6) is 0 Å². The van der Waals surface area contributed by atoms with Crippen LogP contribution < -0.4 is 0 Å². The summed E-state index contributed by atoms with van der Waals surface area (Å²) in [4.78, 5) is 0. The van der Waals surface area contributed by atoms with Crippen molar-refractivity contribution >= 4 is 59.1 Å². The second-order valence-corrected chi connectivity index (χ2v) is 0. The molecule has 0 fully saturated rings. The monoisotopic (exact) mass is 370 g/mol. The summed E-state index contributed by atoms with van der Waals surface area (Å²) in [5.41, 5.74) is 0. The van der Waals surface area contributed by atoms with Gasteiger partial charge < -0.3 is 0 Å². The third kappa shape index (κ3) is 901. The van der Waals surface area contributed by atoms with Crippen LogP contribution >= 0.6 is 0 Å². The molecule has 0 amide bonds. The molecule has 0 aromatic carbocycles. The van der Waals surface area contributed by atoms with Crippen molar-refractivity contribution in [2.75, 3.05) is 0 Å². The maximum absolute atomic E-state index is 7.50. The van der Waals surface area contributed by atoms with Gasteiger partial charge in [0.15, 0.2) is 0 Å². The van der Waals surface area contributed by atoms with E-state index in [2.05, 4.69) is 33.3 Å². The van der Waals surface area contributed by atoms with Crippen LogP contribution in [0, 0.1) is 33.3 Å². The minimum atomic E-state index is 0. The third-order valence-corrected chi connectivity index (χ3v) is 0. The summed E-state index contributed by atoms with van der Waals surface area (Å²) in [6, 6.07) is 0. The summed E-state index contributed by atoms with van der Waals surface area (Å²) >= 11 is 0. The molecule has 0 aromatic heterocycles. The molecule has 0 aliphatic carbocycles. The van der Waals surface area contributed by atoms with Crippen LogP contribution in [0.4, 0.5) is 0 Å². The number of hydrogen-bond acceptors (Lipinski definition) is 0. The first-order chi connectivity index (χ1) is 5.00. The van der Waals surface area contributed by atoms with E-state index in [0.717, 1.165) is 0 Å². The molecule has 0 atom stereocenters. The van der Waals surface area contributed by atoms with Gasteiger partial charge >= 0.3 is 56.5 Å². The molecular weight excluding hydrogens is 370 g/mol. The molecule has 8 heteroatoms. The molecule has 0 spiro atoms. The van der Waals surface area contributed by atoms with Gasteiger partial charge in [-0.25, -0.2) is 0 Å². The second kappa shape index (κ2) is 1070. The SMILES string of the molecule is [C-]#[O+].[C-]#[O+].[C-]#[O+].[C-]#[O+].[C-]#[O+].[Na].[Na].[W]. The van der Waals surface area contributed by atoms with Gasteiger partial charge in [-0.1, -0.05) is 0 Å². The fourth-order valence-electron chi connectivity index (χ4n) is 0. The predicted molar refractivity (Wildman–Crippen MR) is 31.2 cm³/mol. The van der Waals surface area contributed by atoms with Gasteiger partial charge in [-0.3, -0.25) is 0 Å². The molecule has 0 unspecified atom stereocenters. The molecule has 0 saturated heterocycles. The van der Waals surface area contributed by atoms with E-state index in [1.165, 1.54) is 0 Å². The van der Waals surface area contributed by atoms with Crippen LogP contribution in [0.3, 0.4) is 0 Å². The fourth-order valence-corrected chi connectivity index (χ4v) is 0. The quantitative estimate of drug-likeness (QED) is 0.299. The Morgan fingerprint density at radius 2 is 0.385 bits per heavy atom. The molecule has 0 N–H and O–H groups in total. The molecule has 0 bridgehead atoms. The predicted octanol–water partition coefficient (Wildman–Crippen LogP) is -0.952. The van der Waals surface area contributed by atoms with Gasteiger partial charge in [0.25, 0.3) is 0 Å². The summed E-state index contributed by atoms with van der Waals surface area (Å²) in [7, 11) is 0. The van der Waals surface area contributed by atoms with E-state index < -0.39 is 0 Å². The minimum Gasteiger partial charge on any atom is 0 e. The Balaban J connectivity index is -0.00000000379. The summed E-state index contributed by atoms with van der Waals surface area (Å²) in [6.45, 7) is 22.5. The first-order valence-corrected chi connectivity index (χ1v) is 1.02. The molecule has 58 valence electrons. The summed E-state index contributed by atoms with van der Waals surface area (Å²) in [6.07, 6.45) is 0. The van der Waals surface area contributed by atoms with Crippen molar-refractivity contribution in [3.8, 4) is 0 Å². The molecular formula is C5Na2O5W. The van der Waals surface area contributed by atoms with Crippen LogP contribution in [-0.4, -0.2) is 59.1 Å². The van der Waals surface area contributed by atoms with Gasteiger partial charge in [0.1, 0.15) is 0 Å². The Morgan fingerprint density at radius 3 is 0.385 bits per heavy atom. The zero-order chi connectivity index (χ0) is 10.0. The van der Waals surface area contributed by atoms with Gasteiger partial charge in [0.05, 0.1) is 0 Å². The van der Waals surface area contributed by atoms with Crippen molar-refractivity contribution in [1.29, 1.82) is 0 Å². The van der Waals surface area contributed by atoms with Crippen molar-refractivity contribution in [1.82, 2.24) is 0 Å². The van der Waals surface area contributed by atoms with Crippen LogP contribution in [0.25, 0.3) is 0 Å². The zero-order valence-corrected chi connectivity index (χ0v) is 13.9. The van der Waals surface area contributed by atoms with E-state index in [1.54, 1.807) is 0 Å². The van der Waals surface area contributed by atoms with Gasteiger partial charge in [0, 0.05) is 80.2 Å². The Bertz CT molecular complexity index is 81.5. The van der Waals surface area contributed by atoms with Crippen molar-refractivity contribution < 1.29 is 44.3 Å². The maximum atomic E-state index is 7.50. The van der Waals surface area contributed by atoms with Crippen molar-refractivity contribution in [3.05, 3.63) is 33.3 Å². The fraction of sp³-hybridized carbons (Fsp3) is 0. The normalized spacial score (nSPS) is 0.769. The van der Waals surface area contributed by atoms with E-state index in [4.69, 9.17) is 23.3 Å². The molecule has 0 aromatic rings. The van der Waals surface area contributed by atoms with E-state index in [1.807, 2.05) is 0 Å². The van der Waals surface area contributed by atoms with E-state index >= 15 is 0 Å². The average molecular weight is 370 g/mol. The average Bonchev–Trinajstić information content (AvgIpc) is 2.20. The zero-order valence-electron chi connectivity index (χ0n) is 6.95. The Labute approximate surface area is 135 Å². The second-order valence-electron chi connectivity index (χ2n) is 0. The largest absolute Gasteiger partial charge is 0 e. The third-order valence-electron chi connectivity index (χ3n) is 0. The minimum absolute atomic E-state index is 0. The Morgan fingerprint density at radius 1 is 0.385 bits per heavy atom. The van der Waals surface area contributed by atoms with Crippen LogP contribution in [0.2, 0.25) is 0 Å². The Hall–Kier alpha value is 1.39. The molecule has 0 aliphatic rings. The van der Waals surface area contributed by atoms with Crippen LogP contribution in [0.1, 0.15) is 0 Å². The van der Waals surface area contributed by atoms with Gasteiger partial charge in [-0.15, -0.1) is 0 Å². The van der Waals surface area contributed by atoms with Crippen molar-refractivity contribution in [2.45, 2.75) is 0 Å². The van der Waals surface area contributed by atoms with Gasteiger partial charge in [0.2, 0.25) is 0 Å². The summed E-state index contributed by atoms with van der Waals surface area (Å²) < 4.78 is 37.5. The summed E-state index contributed by atoms with van der Waals surface area (Å²) in [5, 5.41) is 0. The molecule has 0 aliphatic heterocycles. The van der Waals surface area contributed by atoms with Crippen LogP contribution in [-0.2, 0) is 44.3 Å². The standard InChI is InChI=1S/5CO.2Na.W/c5*1-2;;;. The number of rotatable bonds is 0. The number of hydrogen-bond donors (Lipinski definition) is 0. The topological polar surface area (TPSA) is 99.5 Å². The van der Waals surface area contributed by atoms with E-state index in [0.29, 0.717) is 0 Å². The van der Waals surface area contributed by atoms with Crippen molar-refractivity contribution in [2.24, 2.45) is 0 Å². The molecule has 2 radical (unpaired) electrons. The molecule has 5 nitrogen and oxygen atoms in total. The molecule has 13 heavy (non-hydrogen) atoms.